The Balaban J connectivity index is 1.15. The zero-order chi connectivity index (χ0) is 25.5. The van der Waals surface area contributed by atoms with Gasteiger partial charge in [-0.25, -0.2) is 4.39 Å². The summed E-state index contributed by atoms with van der Waals surface area (Å²) in [6.07, 6.45) is 3.53. The van der Waals surface area contributed by atoms with Gasteiger partial charge in [-0.05, 0) is 66.8 Å². The Morgan fingerprint density at radius 2 is 1.73 bits per heavy atom. The summed E-state index contributed by atoms with van der Waals surface area (Å²) in [5.74, 6) is -0.138. The molecular weight excluding hydrogens is 467 g/mol. The van der Waals surface area contributed by atoms with Crippen molar-refractivity contribution in [1.82, 2.24) is 19.8 Å². The molecule has 4 heterocycles. The minimum absolute atomic E-state index is 0.0174. The van der Waals surface area contributed by atoms with Gasteiger partial charge in [-0.2, -0.15) is 0 Å². The summed E-state index contributed by atoms with van der Waals surface area (Å²) >= 11 is 0. The number of pyridine rings is 1. The normalized spacial score (nSPS) is 15.8. The maximum Gasteiger partial charge on any atom is 0.256 e. The van der Waals surface area contributed by atoms with Gasteiger partial charge in [-0.3, -0.25) is 14.6 Å². The predicted molar refractivity (Wildman–Crippen MR) is 140 cm³/mol. The highest BCUT2D eigenvalue weighted by molar-refractivity contribution is 5.96. The van der Waals surface area contributed by atoms with Crippen LogP contribution in [0.4, 0.5) is 4.39 Å². The summed E-state index contributed by atoms with van der Waals surface area (Å²) in [5.41, 5.74) is 6.43. The number of hydrogen-bond donors (Lipinski definition) is 1. The van der Waals surface area contributed by atoms with Crippen LogP contribution in [-0.2, 0) is 24.3 Å². The molecule has 1 N–H and O–H groups in total. The highest BCUT2D eigenvalue weighted by Crippen LogP contribution is 2.32. The van der Waals surface area contributed by atoms with E-state index < -0.39 is 0 Å². The number of amides is 2. The maximum absolute atomic E-state index is 13.7. The van der Waals surface area contributed by atoms with Crippen molar-refractivity contribution in [2.75, 3.05) is 13.1 Å². The van der Waals surface area contributed by atoms with E-state index in [1.54, 1.807) is 12.3 Å². The SMILES string of the molecule is Cc1ccc(C(=O)N2Cc3ccccc3C2)c(C2CCN(C(=O)Cc3c[nH]c4ccc(F)cc34)CC2)n1. The summed E-state index contributed by atoms with van der Waals surface area (Å²) in [4.78, 5) is 38.4. The number of nitrogens with one attached hydrogen (secondary N) is 1. The Kier molecular flexibility index (Phi) is 5.99. The molecule has 7 heteroatoms. The number of nitrogens with zero attached hydrogens (tertiary/aromatic N) is 3. The third-order valence-corrected chi connectivity index (χ3v) is 7.73. The van der Waals surface area contributed by atoms with Crippen LogP contribution in [0.1, 0.15) is 57.2 Å². The number of fused-ring (bicyclic) bond motifs is 2. The molecule has 6 nitrogen and oxygen atoms in total. The van der Waals surface area contributed by atoms with Crippen LogP contribution in [0.15, 0.2) is 60.8 Å². The average Bonchev–Trinajstić information content (AvgIpc) is 3.52. The topological polar surface area (TPSA) is 69.3 Å². The Morgan fingerprint density at radius 3 is 2.46 bits per heavy atom. The smallest absolute Gasteiger partial charge is 0.256 e. The molecule has 0 bridgehead atoms. The van der Waals surface area contributed by atoms with Gasteiger partial charge in [0.1, 0.15) is 5.82 Å². The summed E-state index contributed by atoms with van der Waals surface area (Å²) in [6.45, 7) is 4.41. The Hall–Kier alpha value is -4.00. The van der Waals surface area contributed by atoms with Crippen molar-refractivity contribution < 1.29 is 14.0 Å². The van der Waals surface area contributed by atoms with Crippen LogP contribution in [0.3, 0.4) is 0 Å². The quantitative estimate of drug-likeness (QED) is 0.427. The largest absolute Gasteiger partial charge is 0.361 e. The molecule has 188 valence electrons. The molecule has 0 radical (unpaired) electrons. The van der Waals surface area contributed by atoms with Crippen molar-refractivity contribution >= 4 is 22.7 Å². The first kappa shape index (κ1) is 23.4. The summed E-state index contributed by atoms with van der Waals surface area (Å²) in [5, 5.41) is 0.749. The first-order valence-electron chi connectivity index (χ1n) is 12.8. The van der Waals surface area contributed by atoms with Crippen molar-refractivity contribution in [2.24, 2.45) is 0 Å². The van der Waals surface area contributed by atoms with Gasteiger partial charge in [0, 0.05) is 54.9 Å². The van der Waals surface area contributed by atoms with Gasteiger partial charge in [0.15, 0.2) is 0 Å². The van der Waals surface area contributed by atoms with Crippen LogP contribution >= 0.6 is 0 Å². The second-order valence-corrected chi connectivity index (χ2v) is 10.2. The van der Waals surface area contributed by atoms with Crippen LogP contribution in [-0.4, -0.2) is 44.7 Å². The van der Waals surface area contributed by atoms with Gasteiger partial charge < -0.3 is 14.8 Å². The summed E-state index contributed by atoms with van der Waals surface area (Å²) < 4.78 is 13.7. The Bertz CT molecular complexity index is 1480. The Labute approximate surface area is 215 Å². The fourth-order valence-electron chi connectivity index (χ4n) is 5.69. The molecule has 0 unspecified atom stereocenters. The number of likely N-dealkylation sites (tertiary alicyclic amines) is 1. The van der Waals surface area contributed by atoms with E-state index in [1.807, 2.05) is 41.0 Å². The summed E-state index contributed by atoms with van der Waals surface area (Å²) in [6, 6.07) is 16.6. The second-order valence-electron chi connectivity index (χ2n) is 10.2. The number of piperidine rings is 1. The molecule has 2 aromatic heterocycles. The molecule has 0 aliphatic carbocycles. The van der Waals surface area contributed by atoms with Crippen LogP contribution in [0.5, 0.6) is 0 Å². The number of carbonyl (C=O) groups excluding carboxylic acids is 2. The van der Waals surface area contributed by atoms with E-state index in [1.165, 1.54) is 23.3 Å². The van der Waals surface area contributed by atoms with Crippen LogP contribution in [0.2, 0.25) is 0 Å². The van der Waals surface area contributed by atoms with Crippen molar-refractivity contribution in [3.05, 3.63) is 100 Å². The number of aromatic nitrogens is 2. The van der Waals surface area contributed by atoms with Crippen molar-refractivity contribution in [3.63, 3.8) is 0 Å². The number of halogens is 1. The predicted octanol–water partition coefficient (Wildman–Crippen LogP) is 5.12. The van der Waals surface area contributed by atoms with Crippen molar-refractivity contribution in [3.8, 4) is 0 Å². The van der Waals surface area contributed by atoms with E-state index in [2.05, 4.69) is 17.1 Å². The molecule has 4 aromatic rings. The molecule has 2 aromatic carbocycles. The first-order valence-corrected chi connectivity index (χ1v) is 12.8. The van der Waals surface area contributed by atoms with E-state index in [4.69, 9.17) is 4.98 Å². The number of aryl methyl sites for hydroxylation is 1. The van der Waals surface area contributed by atoms with Gasteiger partial charge in [-0.15, -0.1) is 0 Å². The fraction of sp³-hybridized carbons (Fsp3) is 0.300. The number of benzene rings is 2. The zero-order valence-electron chi connectivity index (χ0n) is 20.8. The van der Waals surface area contributed by atoms with Crippen molar-refractivity contribution in [2.45, 2.75) is 45.2 Å². The number of aromatic amines is 1. The average molecular weight is 497 g/mol. The standard InChI is InChI=1S/C30H29FN4O2/c1-19-6-8-25(30(37)35-17-21-4-2-3-5-22(21)18-35)29(33-19)20-10-12-34(13-11-20)28(36)14-23-16-32-27-9-7-24(31)15-26(23)27/h2-9,15-16,20,32H,10-14,17-18H2,1H3. The van der Waals surface area contributed by atoms with Gasteiger partial charge >= 0.3 is 0 Å². The number of H-pyrrole nitrogens is 1. The third-order valence-electron chi connectivity index (χ3n) is 7.73. The molecular formula is C30H29FN4O2. The molecule has 6 rings (SSSR count). The molecule has 0 saturated carbocycles. The lowest BCUT2D eigenvalue weighted by molar-refractivity contribution is -0.131. The molecule has 2 aliphatic rings. The minimum atomic E-state index is -0.310. The maximum atomic E-state index is 13.7. The highest BCUT2D eigenvalue weighted by atomic mass is 19.1. The first-order chi connectivity index (χ1) is 18.0. The van der Waals surface area contributed by atoms with E-state index in [0.717, 1.165) is 40.7 Å². The van der Waals surface area contributed by atoms with Crippen LogP contribution in [0.25, 0.3) is 10.9 Å². The number of hydrogen-bond acceptors (Lipinski definition) is 3. The minimum Gasteiger partial charge on any atom is -0.361 e. The number of carbonyl (C=O) groups is 2. The molecule has 1 fully saturated rings. The molecule has 2 aliphatic heterocycles. The number of rotatable bonds is 4. The Morgan fingerprint density at radius 1 is 1.00 bits per heavy atom. The van der Waals surface area contributed by atoms with Gasteiger partial charge in [0.2, 0.25) is 5.91 Å². The lowest BCUT2D eigenvalue weighted by Gasteiger charge is -2.33. The highest BCUT2D eigenvalue weighted by Gasteiger charge is 2.31. The van der Waals surface area contributed by atoms with E-state index >= 15 is 0 Å². The van der Waals surface area contributed by atoms with Gasteiger partial charge in [-0.1, -0.05) is 24.3 Å². The molecule has 0 atom stereocenters. The van der Waals surface area contributed by atoms with E-state index in [-0.39, 0.29) is 30.0 Å². The molecule has 37 heavy (non-hydrogen) atoms. The lowest BCUT2D eigenvalue weighted by atomic mass is 9.89. The van der Waals surface area contributed by atoms with Crippen molar-refractivity contribution in [1.29, 1.82) is 0 Å². The second kappa shape index (κ2) is 9.47. The van der Waals surface area contributed by atoms with Crippen LogP contribution in [0, 0.1) is 12.7 Å². The van der Waals surface area contributed by atoms with Gasteiger partial charge in [0.25, 0.3) is 5.91 Å². The lowest BCUT2D eigenvalue weighted by Crippen LogP contribution is -2.39. The van der Waals surface area contributed by atoms with Crippen LogP contribution < -0.4 is 0 Å². The third kappa shape index (κ3) is 4.50. The van der Waals surface area contributed by atoms with E-state index in [0.29, 0.717) is 31.7 Å². The molecule has 1 saturated heterocycles. The summed E-state index contributed by atoms with van der Waals surface area (Å²) in [7, 11) is 0. The monoisotopic (exact) mass is 496 g/mol. The zero-order valence-corrected chi connectivity index (χ0v) is 20.8. The van der Waals surface area contributed by atoms with E-state index in [9.17, 15) is 14.0 Å². The fourth-order valence-corrected chi connectivity index (χ4v) is 5.69. The molecule has 0 spiro atoms. The molecule has 2 amide bonds. The van der Waals surface area contributed by atoms with Gasteiger partial charge in [0.05, 0.1) is 17.7 Å².